The van der Waals surface area contributed by atoms with Crippen LogP contribution in [0.5, 0.6) is 0 Å². The summed E-state index contributed by atoms with van der Waals surface area (Å²) in [6.07, 6.45) is 1.53. The smallest absolute Gasteiger partial charge is 0.244 e. The summed E-state index contributed by atoms with van der Waals surface area (Å²) in [6, 6.07) is -0.0249. The van der Waals surface area contributed by atoms with E-state index in [0.717, 1.165) is 0 Å². The van der Waals surface area contributed by atoms with Gasteiger partial charge in [-0.1, -0.05) is 0 Å². The number of aromatic nitrogens is 3. The Bertz CT molecular complexity index is 358. The fraction of sp³-hybridized carbons (Fsp3) is 0.700. The summed E-state index contributed by atoms with van der Waals surface area (Å²) >= 11 is 0. The SMILES string of the molecule is CC(N)c1ncn(CC(=O)N(C)C(C)C)n1. The molecule has 6 heteroatoms. The zero-order chi connectivity index (χ0) is 12.3. The first-order valence-corrected chi connectivity index (χ1v) is 5.32. The van der Waals surface area contributed by atoms with Crippen LogP contribution < -0.4 is 5.73 Å². The van der Waals surface area contributed by atoms with Crippen LogP contribution in [0.2, 0.25) is 0 Å². The van der Waals surface area contributed by atoms with Gasteiger partial charge in [0, 0.05) is 13.1 Å². The van der Waals surface area contributed by atoms with E-state index in [0.29, 0.717) is 5.82 Å². The summed E-state index contributed by atoms with van der Waals surface area (Å²) in [5, 5.41) is 4.12. The van der Waals surface area contributed by atoms with E-state index in [1.54, 1.807) is 11.9 Å². The van der Waals surface area contributed by atoms with Crippen LogP contribution in [0, 0.1) is 0 Å². The minimum atomic E-state index is -0.209. The molecule has 1 rings (SSSR count). The molecule has 1 atom stereocenters. The molecule has 1 aromatic heterocycles. The van der Waals surface area contributed by atoms with Crippen molar-refractivity contribution in [2.45, 2.75) is 39.4 Å². The molecular weight excluding hydrogens is 206 g/mol. The van der Waals surface area contributed by atoms with E-state index in [-0.39, 0.29) is 24.5 Å². The third-order valence-corrected chi connectivity index (χ3v) is 2.43. The van der Waals surface area contributed by atoms with Crippen molar-refractivity contribution < 1.29 is 4.79 Å². The van der Waals surface area contributed by atoms with Crippen molar-refractivity contribution in [1.29, 1.82) is 0 Å². The van der Waals surface area contributed by atoms with E-state index in [9.17, 15) is 4.79 Å². The normalized spacial score (nSPS) is 12.9. The van der Waals surface area contributed by atoms with E-state index < -0.39 is 0 Å². The first-order valence-electron chi connectivity index (χ1n) is 5.32. The molecule has 0 spiro atoms. The number of rotatable bonds is 4. The molecular formula is C10H19N5O. The third kappa shape index (κ3) is 3.03. The van der Waals surface area contributed by atoms with E-state index in [4.69, 9.17) is 5.73 Å². The van der Waals surface area contributed by atoms with Crippen molar-refractivity contribution in [3.05, 3.63) is 12.2 Å². The first-order chi connectivity index (χ1) is 7.41. The summed E-state index contributed by atoms with van der Waals surface area (Å²) in [5.74, 6) is 0.566. The highest BCUT2D eigenvalue weighted by Crippen LogP contribution is 2.02. The Morgan fingerprint density at radius 2 is 2.19 bits per heavy atom. The molecule has 1 unspecified atom stereocenters. The highest BCUT2D eigenvalue weighted by Gasteiger charge is 2.14. The van der Waals surface area contributed by atoms with Gasteiger partial charge in [-0.25, -0.2) is 9.67 Å². The Hall–Kier alpha value is -1.43. The van der Waals surface area contributed by atoms with Crippen LogP contribution in [0.1, 0.15) is 32.6 Å². The summed E-state index contributed by atoms with van der Waals surface area (Å²) in [4.78, 5) is 17.4. The van der Waals surface area contributed by atoms with Crippen LogP contribution in [0.4, 0.5) is 0 Å². The number of carbonyl (C=O) groups excluding carboxylic acids is 1. The Kier molecular flexibility index (Phi) is 4.00. The molecule has 0 fully saturated rings. The first kappa shape index (κ1) is 12.6. The van der Waals surface area contributed by atoms with Gasteiger partial charge >= 0.3 is 0 Å². The number of hydrogen-bond acceptors (Lipinski definition) is 4. The van der Waals surface area contributed by atoms with Crippen molar-refractivity contribution in [3.63, 3.8) is 0 Å². The molecule has 1 amide bonds. The van der Waals surface area contributed by atoms with Crippen LogP contribution >= 0.6 is 0 Å². The molecule has 0 radical (unpaired) electrons. The Balaban J connectivity index is 2.63. The highest BCUT2D eigenvalue weighted by molar-refractivity contribution is 5.75. The minimum Gasteiger partial charge on any atom is -0.342 e. The van der Waals surface area contributed by atoms with E-state index in [1.165, 1.54) is 11.0 Å². The molecule has 16 heavy (non-hydrogen) atoms. The summed E-state index contributed by atoms with van der Waals surface area (Å²) in [6.45, 7) is 5.94. The number of amides is 1. The fourth-order valence-electron chi connectivity index (χ4n) is 1.13. The Morgan fingerprint density at radius 1 is 1.56 bits per heavy atom. The summed E-state index contributed by atoms with van der Waals surface area (Å²) < 4.78 is 1.51. The molecule has 0 aliphatic rings. The van der Waals surface area contributed by atoms with E-state index >= 15 is 0 Å². The van der Waals surface area contributed by atoms with Gasteiger partial charge in [-0.2, -0.15) is 5.10 Å². The average molecular weight is 225 g/mol. The zero-order valence-electron chi connectivity index (χ0n) is 10.2. The predicted molar refractivity (Wildman–Crippen MR) is 60.5 cm³/mol. The van der Waals surface area contributed by atoms with Crippen LogP contribution in [0.25, 0.3) is 0 Å². The third-order valence-electron chi connectivity index (χ3n) is 2.43. The molecule has 0 aliphatic carbocycles. The summed E-state index contributed by atoms with van der Waals surface area (Å²) in [5.41, 5.74) is 5.63. The molecule has 90 valence electrons. The highest BCUT2D eigenvalue weighted by atomic mass is 16.2. The number of nitrogens with two attached hydrogens (primary N) is 1. The lowest BCUT2D eigenvalue weighted by Gasteiger charge is -2.21. The second-order valence-corrected chi connectivity index (χ2v) is 4.19. The topological polar surface area (TPSA) is 77.0 Å². The quantitative estimate of drug-likeness (QED) is 0.792. The minimum absolute atomic E-state index is 0.0103. The largest absolute Gasteiger partial charge is 0.342 e. The van der Waals surface area contributed by atoms with Gasteiger partial charge < -0.3 is 10.6 Å². The maximum atomic E-state index is 11.7. The number of carbonyl (C=O) groups is 1. The van der Waals surface area contributed by atoms with Crippen molar-refractivity contribution in [3.8, 4) is 0 Å². The molecule has 0 aliphatic heterocycles. The van der Waals surface area contributed by atoms with Crippen LogP contribution in [0.3, 0.4) is 0 Å². The van der Waals surface area contributed by atoms with Gasteiger partial charge in [-0.05, 0) is 20.8 Å². The fourth-order valence-corrected chi connectivity index (χ4v) is 1.13. The second-order valence-electron chi connectivity index (χ2n) is 4.19. The standard InChI is InChI=1S/C10H19N5O/c1-7(2)14(4)9(16)5-15-6-12-10(13-15)8(3)11/h6-8H,5,11H2,1-4H3. The van der Waals surface area contributed by atoms with Crippen molar-refractivity contribution in [2.75, 3.05) is 7.05 Å². The van der Waals surface area contributed by atoms with Gasteiger partial charge in [0.15, 0.2) is 5.82 Å². The maximum absolute atomic E-state index is 11.7. The Labute approximate surface area is 95.4 Å². The molecule has 6 nitrogen and oxygen atoms in total. The van der Waals surface area contributed by atoms with Gasteiger partial charge in [0.25, 0.3) is 0 Å². The lowest BCUT2D eigenvalue weighted by atomic mass is 10.3. The monoisotopic (exact) mass is 225 g/mol. The molecule has 2 N–H and O–H groups in total. The molecule has 0 saturated carbocycles. The number of likely N-dealkylation sites (N-methyl/N-ethyl adjacent to an activating group) is 1. The van der Waals surface area contributed by atoms with E-state index in [2.05, 4.69) is 10.1 Å². The van der Waals surface area contributed by atoms with Crippen LogP contribution in [-0.2, 0) is 11.3 Å². The lowest BCUT2D eigenvalue weighted by molar-refractivity contribution is -0.132. The average Bonchev–Trinajstić information content (AvgIpc) is 2.64. The number of hydrogen-bond donors (Lipinski definition) is 1. The van der Waals surface area contributed by atoms with Crippen molar-refractivity contribution in [2.24, 2.45) is 5.73 Å². The molecule has 0 aromatic carbocycles. The van der Waals surface area contributed by atoms with Crippen molar-refractivity contribution in [1.82, 2.24) is 19.7 Å². The molecule has 0 saturated heterocycles. The lowest BCUT2D eigenvalue weighted by Crippen LogP contribution is -2.35. The Morgan fingerprint density at radius 3 is 2.62 bits per heavy atom. The predicted octanol–water partition coefficient (Wildman–Crippen LogP) is 0.165. The summed E-state index contributed by atoms with van der Waals surface area (Å²) in [7, 11) is 1.77. The van der Waals surface area contributed by atoms with Crippen LogP contribution in [0.15, 0.2) is 6.33 Å². The van der Waals surface area contributed by atoms with Gasteiger partial charge in [0.2, 0.25) is 5.91 Å². The van der Waals surface area contributed by atoms with Gasteiger partial charge in [0.05, 0.1) is 6.04 Å². The molecule has 1 heterocycles. The second kappa shape index (κ2) is 5.07. The van der Waals surface area contributed by atoms with E-state index in [1.807, 2.05) is 20.8 Å². The van der Waals surface area contributed by atoms with Gasteiger partial charge in [0.1, 0.15) is 12.9 Å². The molecule has 1 aromatic rings. The maximum Gasteiger partial charge on any atom is 0.244 e. The number of nitrogens with zero attached hydrogens (tertiary/aromatic N) is 4. The zero-order valence-corrected chi connectivity index (χ0v) is 10.2. The van der Waals surface area contributed by atoms with Crippen molar-refractivity contribution >= 4 is 5.91 Å². The van der Waals surface area contributed by atoms with Crippen LogP contribution in [-0.4, -0.2) is 38.7 Å². The molecule has 0 bridgehead atoms. The van der Waals surface area contributed by atoms with Gasteiger partial charge in [-0.3, -0.25) is 4.79 Å². The van der Waals surface area contributed by atoms with Gasteiger partial charge in [-0.15, -0.1) is 0 Å².